The third kappa shape index (κ3) is 3.99. The molecule has 2 N–H and O–H groups in total. The van der Waals surface area contributed by atoms with E-state index < -0.39 is 0 Å². The topological polar surface area (TPSA) is 70.7 Å². The van der Waals surface area contributed by atoms with Crippen LogP contribution in [-0.2, 0) is 16.1 Å². The second-order valence-electron chi connectivity index (χ2n) is 7.12. The van der Waals surface area contributed by atoms with E-state index in [0.29, 0.717) is 23.7 Å². The summed E-state index contributed by atoms with van der Waals surface area (Å²) in [6, 6.07) is 11.4. The molecule has 0 bridgehead atoms. The largest absolute Gasteiger partial charge is 0.479 e. The zero-order valence-electron chi connectivity index (χ0n) is 15.4. The van der Waals surface area contributed by atoms with Crippen molar-refractivity contribution in [3.63, 3.8) is 0 Å². The molecule has 0 saturated carbocycles. The number of amides is 2. The van der Waals surface area contributed by atoms with Crippen LogP contribution < -0.4 is 15.4 Å². The van der Waals surface area contributed by atoms with Gasteiger partial charge in [0.1, 0.15) is 5.82 Å². The van der Waals surface area contributed by atoms with Crippen molar-refractivity contribution in [2.75, 3.05) is 23.8 Å². The summed E-state index contributed by atoms with van der Waals surface area (Å²) in [7, 11) is 0. The van der Waals surface area contributed by atoms with Crippen LogP contribution in [-0.4, -0.2) is 35.9 Å². The quantitative estimate of drug-likeness (QED) is 0.851. The van der Waals surface area contributed by atoms with Gasteiger partial charge in [-0.25, -0.2) is 4.39 Å². The molecule has 2 heterocycles. The van der Waals surface area contributed by atoms with Gasteiger partial charge in [-0.15, -0.1) is 0 Å². The van der Waals surface area contributed by atoms with Crippen molar-refractivity contribution in [1.29, 1.82) is 0 Å². The number of carbonyl (C=O) groups excluding carboxylic acids is 2. The maximum absolute atomic E-state index is 13.2. The fourth-order valence-corrected chi connectivity index (χ4v) is 3.73. The lowest BCUT2D eigenvalue weighted by Gasteiger charge is -2.35. The first-order chi connectivity index (χ1) is 13.6. The van der Waals surface area contributed by atoms with E-state index in [-0.39, 0.29) is 30.3 Å². The smallest absolute Gasteiger partial charge is 0.262 e. The fraction of sp³-hybridized carbons (Fsp3) is 0.333. The summed E-state index contributed by atoms with van der Waals surface area (Å²) < 4.78 is 18.7. The van der Waals surface area contributed by atoms with Crippen LogP contribution in [0.4, 0.5) is 15.8 Å². The second kappa shape index (κ2) is 7.98. The van der Waals surface area contributed by atoms with E-state index in [2.05, 4.69) is 15.5 Å². The van der Waals surface area contributed by atoms with E-state index in [1.165, 1.54) is 12.1 Å². The van der Waals surface area contributed by atoms with Gasteiger partial charge in [0.15, 0.2) is 12.4 Å². The molecule has 7 heteroatoms. The van der Waals surface area contributed by atoms with Crippen LogP contribution in [0.2, 0.25) is 0 Å². The van der Waals surface area contributed by atoms with Crippen molar-refractivity contribution in [1.82, 2.24) is 4.90 Å². The van der Waals surface area contributed by atoms with Crippen molar-refractivity contribution >= 4 is 23.2 Å². The molecule has 6 nitrogen and oxygen atoms in total. The maximum Gasteiger partial charge on any atom is 0.262 e. The summed E-state index contributed by atoms with van der Waals surface area (Å²) in [5, 5.41) is 5.71. The average Bonchev–Trinajstić information content (AvgIpc) is 2.70. The molecule has 2 aliphatic rings. The minimum absolute atomic E-state index is 0.0694. The zero-order valence-corrected chi connectivity index (χ0v) is 15.4. The van der Waals surface area contributed by atoms with E-state index in [4.69, 9.17) is 4.74 Å². The van der Waals surface area contributed by atoms with Crippen molar-refractivity contribution in [2.45, 2.75) is 31.8 Å². The van der Waals surface area contributed by atoms with Gasteiger partial charge in [-0.3, -0.25) is 14.5 Å². The lowest BCUT2D eigenvalue weighted by molar-refractivity contribution is -0.122. The Balaban J connectivity index is 1.49. The van der Waals surface area contributed by atoms with Crippen molar-refractivity contribution in [2.24, 2.45) is 0 Å². The molecule has 146 valence electrons. The molecule has 2 amide bonds. The number of nitrogens with zero attached hydrogens (tertiary/aromatic N) is 1. The Morgan fingerprint density at radius 3 is 2.86 bits per heavy atom. The minimum Gasteiger partial charge on any atom is -0.479 e. The van der Waals surface area contributed by atoms with Crippen LogP contribution in [0, 0.1) is 5.82 Å². The number of carbonyl (C=O) groups is 2. The number of likely N-dealkylation sites (tertiary alicyclic amines) is 1. The number of nitrogens with one attached hydrogen (secondary N) is 2. The highest BCUT2D eigenvalue weighted by Crippen LogP contribution is 2.36. The summed E-state index contributed by atoms with van der Waals surface area (Å²) in [6.45, 7) is 1.34. The number of piperidine rings is 1. The molecule has 0 aromatic heterocycles. The first-order valence-corrected chi connectivity index (χ1v) is 9.45. The summed E-state index contributed by atoms with van der Waals surface area (Å²) in [5.41, 5.74) is 2.08. The van der Waals surface area contributed by atoms with Crippen molar-refractivity contribution in [3.05, 3.63) is 53.8 Å². The molecular weight excluding hydrogens is 361 g/mol. The fourth-order valence-electron chi connectivity index (χ4n) is 3.73. The number of fused-ring (bicyclic) bond motifs is 1. The van der Waals surface area contributed by atoms with Gasteiger partial charge in [-0.05, 0) is 49.2 Å². The van der Waals surface area contributed by atoms with Crippen LogP contribution in [0.25, 0.3) is 0 Å². The Bertz CT molecular complexity index is 885. The Morgan fingerprint density at radius 1 is 1.21 bits per heavy atom. The third-order valence-electron chi connectivity index (χ3n) is 5.11. The highest BCUT2D eigenvalue weighted by Gasteiger charge is 2.30. The van der Waals surface area contributed by atoms with E-state index in [1.54, 1.807) is 30.3 Å². The first-order valence-electron chi connectivity index (χ1n) is 9.45. The molecule has 2 aliphatic heterocycles. The van der Waals surface area contributed by atoms with E-state index in [1.807, 2.05) is 0 Å². The summed E-state index contributed by atoms with van der Waals surface area (Å²) >= 11 is 0. The minimum atomic E-state index is -0.271. The predicted molar refractivity (Wildman–Crippen MR) is 104 cm³/mol. The molecule has 2 aromatic rings. The lowest BCUT2D eigenvalue weighted by Crippen LogP contribution is -2.46. The molecule has 0 spiro atoms. The van der Waals surface area contributed by atoms with Gasteiger partial charge in [0.2, 0.25) is 5.91 Å². The van der Waals surface area contributed by atoms with Crippen LogP contribution in [0.3, 0.4) is 0 Å². The normalized spacial score (nSPS) is 19.3. The van der Waals surface area contributed by atoms with E-state index in [9.17, 15) is 14.0 Å². The van der Waals surface area contributed by atoms with Gasteiger partial charge in [0.05, 0.1) is 17.4 Å². The SMILES string of the molecule is O=C1COc2c(cccc2NC(=O)C2CCCCN2Cc2ccc(F)cc2)N1. The van der Waals surface area contributed by atoms with Crippen LogP contribution in [0.15, 0.2) is 42.5 Å². The van der Waals surface area contributed by atoms with Crippen LogP contribution in [0.5, 0.6) is 5.75 Å². The van der Waals surface area contributed by atoms with Crippen LogP contribution in [0.1, 0.15) is 24.8 Å². The Kier molecular flexibility index (Phi) is 5.25. The lowest BCUT2D eigenvalue weighted by atomic mass is 10.00. The molecule has 0 aliphatic carbocycles. The Morgan fingerprint density at radius 2 is 2.04 bits per heavy atom. The Hall–Kier alpha value is -2.93. The van der Waals surface area contributed by atoms with Gasteiger partial charge in [0, 0.05) is 6.54 Å². The Labute approximate surface area is 162 Å². The second-order valence-corrected chi connectivity index (χ2v) is 7.12. The molecule has 1 fully saturated rings. The number of halogens is 1. The monoisotopic (exact) mass is 383 g/mol. The molecule has 28 heavy (non-hydrogen) atoms. The van der Waals surface area contributed by atoms with Gasteiger partial charge in [-0.1, -0.05) is 24.6 Å². The molecular formula is C21H22FN3O3. The highest BCUT2D eigenvalue weighted by atomic mass is 19.1. The average molecular weight is 383 g/mol. The van der Waals surface area contributed by atoms with Crippen molar-refractivity contribution < 1.29 is 18.7 Å². The summed E-state index contributed by atoms with van der Waals surface area (Å²) in [4.78, 5) is 26.6. The highest BCUT2D eigenvalue weighted by molar-refractivity contribution is 6.01. The first kappa shape index (κ1) is 18.4. The molecule has 1 atom stereocenters. The summed E-state index contributed by atoms with van der Waals surface area (Å²) in [5.74, 6) is -0.0987. The van der Waals surface area contributed by atoms with E-state index in [0.717, 1.165) is 31.4 Å². The van der Waals surface area contributed by atoms with Gasteiger partial charge < -0.3 is 15.4 Å². The van der Waals surface area contributed by atoms with E-state index >= 15 is 0 Å². The molecule has 4 rings (SSSR count). The van der Waals surface area contributed by atoms with Gasteiger partial charge >= 0.3 is 0 Å². The number of anilines is 2. The number of benzene rings is 2. The van der Waals surface area contributed by atoms with Crippen LogP contribution >= 0.6 is 0 Å². The zero-order chi connectivity index (χ0) is 19.5. The number of para-hydroxylation sites is 1. The van der Waals surface area contributed by atoms with Gasteiger partial charge in [0.25, 0.3) is 5.91 Å². The maximum atomic E-state index is 13.2. The number of hydrogen-bond donors (Lipinski definition) is 2. The third-order valence-corrected chi connectivity index (χ3v) is 5.11. The molecule has 2 aromatic carbocycles. The molecule has 1 saturated heterocycles. The molecule has 0 radical (unpaired) electrons. The van der Waals surface area contributed by atoms with Crippen molar-refractivity contribution in [3.8, 4) is 5.75 Å². The van der Waals surface area contributed by atoms with Gasteiger partial charge in [-0.2, -0.15) is 0 Å². The predicted octanol–water partition coefficient (Wildman–Crippen LogP) is 3.15. The standard InChI is InChI=1S/C21H22FN3O3/c22-15-9-7-14(8-10-15)12-25-11-2-1-6-18(25)21(27)24-17-5-3-4-16-20(17)28-13-19(26)23-16/h3-5,7-10,18H,1-2,6,11-13H2,(H,23,26)(H,24,27). The number of hydrogen-bond acceptors (Lipinski definition) is 4. The number of rotatable bonds is 4. The molecule has 1 unspecified atom stereocenters. The summed E-state index contributed by atoms with van der Waals surface area (Å²) in [6.07, 6.45) is 2.78. The number of ether oxygens (including phenoxy) is 1.